The van der Waals surface area contributed by atoms with Gasteiger partial charge in [0, 0.05) is 13.1 Å². The number of hydrogen-bond donors (Lipinski definition) is 1. The van der Waals surface area contributed by atoms with E-state index >= 15 is 0 Å². The highest BCUT2D eigenvalue weighted by Gasteiger charge is 2.14. The van der Waals surface area contributed by atoms with Gasteiger partial charge in [-0.25, -0.2) is 8.78 Å². The molecule has 0 radical (unpaired) electrons. The van der Waals surface area contributed by atoms with Crippen molar-refractivity contribution >= 4 is 0 Å². The van der Waals surface area contributed by atoms with E-state index in [2.05, 4.69) is 5.10 Å². The van der Waals surface area contributed by atoms with Crippen molar-refractivity contribution in [2.45, 2.75) is 33.5 Å². The Morgan fingerprint density at radius 1 is 1.25 bits per heavy atom. The number of hydrogen-bond acceptors (Lipinski definition) is 3. The van der Waals surface area contributed by atoms with E-state index in [4.69, 9.17) is 10.5 Å². The first-order valence-electron chi connectivity index (χ1n) is 6.39. The fourth-order valence-corrected chi connectivity index (χ4v) is 2.00. The van der Waals surface area contributed by atoms with Crippen molar-refractivity contribution in [2.75, 3.05) is 0 Å². The molecule has 2 rings (SSSR count). The minimum absolute atomic E-state index is 0.0600. The van der Waals surface area contributed by atoms with Crippen molar-refractivity contribution in [1.29, 1.82) is 0 Å². The molecule has 0 aliphatic heterocycles. The molecule has 0 saturated heterocycles. The van der Waals surface area contributed by atoms with E-state index in [-0.39, 0.29) is 18.9 Å². The third kappa shape index (κ3) is 2.96. The number of halogens is 2. The van der Waals surface area contributed by atoms with Crippen LogP contribution in [0.4, 0.5) is 8.78 Å². The zero-order valence-corrected chi connectivity index (χ0v) is 11.5. The average Bonchev–Trinajstić information content (AvgIpc) is 2.77. The molecule has 0 fully saturated rings. The van der Waals surface area contributed by atoms with Gasteiger partial charge in [-0.15, -0.1) is 0 Å². The summed E-state index contributed by atoms with van der Waals surface area (Å²) in [4.78, 5) is 0. The molecule has 2 aromatic rings. The Hall–Kier alpha value is -1.95. The van der Waals surface area contributed by atoms with Crippen LogP contribution in [0.25, 0.3) is 0 Å². The predicted molar refractivity (Wildman–Crippen MR) is 71.2 cm³/mol. The first kappa shape index (κ1) is 14.5. The number of aromatic nitrogens is 2. The average molecular weight is 281 g/mol. The van der Waals surface area contributed by atoms with Crippen LogP contribution >= 0.6 is 0 Å². The minimum Gasteiger partial charge on any atom is -0.481 e. The van der Waals surface area contributed by atoms with E-state index in [1.165, 1.54) is 12.1 Å². The van der Waals surface area contributed by atoms with Crippen LogP contribution in [0, 0.1) is 18.6 Å². The van der Waals surface area contributed by atoms with Gasteiger partial charge in [0.15, 0.2) is 17.4 Å². The van der Waals surface area contributed by atoms with Crippen LogP contribution in [0.15, 0.2) is 18.2 Å². The SMILES string of the molecule is CCn1nc(C)cc1COc1c(F)cc(CN)cc1F. The molecule has 1 aromatic carbocycles. The second-order valence-electron chi connectivity index (χ2n) is 4.47. The van der Waals surface area contributed by atoms with Gasteiger partial charge in [-0.05, 0) is 37.6 Å². The van der Waals surface area contributed by atoms with Gasteiger partial charge in [0.2, 0.25) is 0 Å². The zero-order valence-electron chi connectivity index (χ0n) is 11.5. The fourth-order valence-electron chi connectivity index (χ4n) is 2.00. The molecule has 0 spiro atoms. The van der Waals surface area contributed by atoms with Crippen LogP contribution in [0.2, 0.25) is 0 Å². The molecule has 0 saturated carbocycles. The lowest BCUT2D eigenvalue weighted by Gasteiger charge is -2.10. The van der Waals surface area contributed by atoms with Crippen molar-refractivity contribution in [3.05, 3.63) is 46.8 Å². The maximum absolute atomic E-state index is 13.7. The monoisotopic (exact) mass is 281 g/mol. The van der Waals surface area contributed by atoms with Crippen LogP contribution in [0.1, 0.15) is 23.9 Å². The lowest BCUT2D eigenvalue weighted by molar-refractivity contribution is 0.263. The van der Waals surface area contributed by atoms with Crippen molar-refractivity contribution in [1.82, 2.24) is 9.78 Å². The summed E-state index contributed by atoms with van der Waals surface area (Å²) < 4.78 is 34.5. The topological polar surface area (TPSA) is 53.1 Å². The van der Waals surface area contributed by atoms with Gasteiger partial charge in [0.1, 0.15) is 6.61 Å². The van der Waals surface area contributed by atoms with Gasteiger partial charge in [0.25, 0.3) is 0 Å². The Kier molecular flexibility index (Phi) is 4.34. The molecule has 0 bridgehead atoms. The van der Waals surface area contributed by atoms with Gasteiger partial charge in [-0.1, -0.05) is 0 Å². The van der Waals surface area contributed by atoms with Gasteiger partial charge in [-0.2, -0.15) is 5.10 Å². The van der Waals surface area contributed by atoms with E-state index in [0.29, 0.717) is 12.1 Å². The summed E-state index contributed by atoms with van der Waals surface area (Å²) in [7, 11) is 0. The number of benzene rings is 1. The molecule has 1 heterocycles. The maximum atomic E-state index is 13.7. The second kappa shape index (κ2) is 6.00. The van der Waals surface area contributed by atoms with E-state index in [9.17, 15) is 8.78 Å². The maximum Gasteiger partial charge on any atom is 0.191 e. The van der Waals surface area contributed by atoms with Gasteiger partial charge >= 0.3 is 0 Å². The quantitative estimate of drug-likeness (QED) is 0.916. The molecule has 0 aliphatic carbocycles. The normalized spacial score (nSPS) is 10.8. The highest BCUT2D eigenvalue weighted by atomic mass is 19.1. The summed E-state index contributed by atoms with van der Waals surface area (Å²) in [6.45, 7) is 4.60. The summed E-state index contributed by atoms with van der Waals surface area (Å²) in [5, 5.41) is 4.25. The zero-order chi connectivity index (χ0) is 14.7. The Morgan fingerprint density at radius 2 is 1.90 bits per heavy atom. The summed E-state index contributed by atoms with van der Waals surface area (Å²) in [5.74, 6) is -1.88. The highest BCUT2D eigenvalue weighted by molar-refractivity contribution is 5.31. The van der Waals surface area contributed by atoms with Crippen LogP contribution in [-0.2, 0) is 19.7 Å². The molecule has 1 aromatic heterocycles. The molecule has 6 heteroatoms. The molecule has 20 heavy (non-hydrogen) atoms. The van der Waals surface area contributed by atoms with Gasteiger partial charge in [-0.3, -0.25) is 4.68 Å². The lowest BCUT2D eigenvalue weighted by atomic mass is 10.2. The largest absolute Gasteiger partial charge is 0.481 e. The third-order valence-electron chi connectivity index (χ3n) is 2.94. The van der Waals surface area contributed by atoms with Gasteiger partial charge in [0.05, 0.1) is 11.4 Å². The van der Waals surface area contributed by atoms with Crippen LogP contribution < -0.4 is 10.5 Å². The summed E-state index contributed by atoms with van der Waals surface area (Å²) in [5.41, 5.74) is 7.36. The molecule has 0 unspecified atom stereocenters. The number of rotatable bonds is 5. The Bertz CT molecular complexity index is 587. The van der Waals surface area contributed by atoms with E-state index < -0.39 is 11.6 Å². The third-order valence-corrected chi connectivity index (χ3v) is 2.94. The Labute approximate surface area is 116 Å². The fraction of sp³-hybridized carbons (Fsp3) is 0.357. The number of aryl methyl sites for hydroxylation is 2. The molecule has 4 nitrogen and oxygen atoms in total. The summed E-state index contributed by atoms with van der Waals surface area (Å²) >= 11 is 0. The molecule has 0 atom stereocenters. The van der Waals surface area contributed by atoms with E-state index in [0.717, 1.165) is 11.4 Å². The smallest absolute Gasteiger partial charge is 0.191 e. The number of nitrogens with two attached hydrogens (primary N) is 1. The number of ether oxygens (including phenoxy) is 1. The van der Waals surface area contributed by atoms with Crippen LogP contribution in [-0.4, -0.2) is 9.78 Å². The van der Waals surface area contributed by atoms with Crippen molar-refractivity contribution < 1.29 is 13.5 Å². The predicted octanol–water partition coefficient (Wildman–Crippen LogP) is 2.53. The highest BCUT2D eigenvalue weighted by Crippen LogP contribution is 2.24. The van der Waals surface area contributed by atoms with E-state index in [1.807, 2.05) is 19.9 Å². The van der Waals surface area contributed by atoms with E-state index in [1.54, 1.807) is 4.68 Å². The minimum atomic E-state index is -0.746. The Balaban J connectivity index is 2.18. The molecule has 108 valence electrons. The van der Waals surface area contributed by atoms with Gasteiger partial charge < -0.3 is 10.5 Å². The molecule has 2 N–H and O–H groups in total. The first-order chi connectivity index (χ1) is 9.55. The van der Waals surface area contributed by atoms with Crippen molar-refractivity contribution in [2.24, 2.45) is 5.73 Å². The summed E-state index contributed by atoms with van der Waals surface area (Å²) in [6, 6.07) is 4.19. The standard InChI is InChI=1S/C14H17F2N3O/c1-3-19-11(4-9(2)18-19)8-20-14-12(15)5-10(7-17)6-13(14)16/h4-6H,3,7-8,17H2,1-2H3. The molecular formula is C14H17F2N3O. The van der Waals surface area contributed by atoms with Crippen LogP contribution in [0.3, 0.4) is 0 Å². The van der Waals surface area contributed by atoms with Crippen molar-refractivity contribution in [3.8, 4) is 5.75 Å². The lowest BCUT2D eigenvalue weighted by Crippen LogP contribution is -2.08. The first-order valence-corrected chi connectivity index (χ1v) is 6.39. The number of nitrogens with zero attached hydrogens (tertiary/aromatic N) is 2. The molecule has 0 aliphatic rings. The van der Waals surface area contributed by atoms with Crippen molar-refractivity contribution in [3.63, 3.8) is 0 Å². The molecule has 0 amide bonds. The molecular weight excluding hydrogens is 264 g/mol. The second-order valence-corrected chi connectivity index (χ2v) is 4.47. The summed E-state index contributed by atoms with van der Waals surface area (Å²) in [6.07, 6.45) is 0. The Morgan fingerprint density at radius 3 is 2.45 bits per heavy atom. The van der Waals surface area contributed by atoms with Crippen LogP contribution in [0.5, 0.6) is 5.75 Å².